The van der Waals surface area contributed by atoms with Gasteiger partial charge in [-0.2, -0.15) is 13.2 Å². The summed E-state index contributed by atoms with van der Waals surface area (Å²) in [6.45, 7) is 0.0688. The summed E-state index contributed by atoms with van der Waals surface area (Å²) in [5, 5.41) is 18.8. The minimum atomic E-state index is -4.56. The van der Waals surface area contributed by atoms with Crippen molar-refractivity contribution in [2.24, 2.45) is 0 Å². The van der Waals surface area contributed by atoms with E-state index in [9.17, 15) is 23.4 Å². The van der Waals surface area contributed by atoms with Crippen LogP contribution in [0.15, 0.2) is 12.3 Å². The molecule has 1 aliphatic rings. The summed E-state index contributed by atoms with van der Waals surface area (Å²) in [5.74, 6) is 0. The molecule has 100 valence electrons. The Labute approximate surface area is 101 Å². The van der Waals surface area contributed by atoms with Crippen molar-refractivity contribution < 1.29 is 23.4 Å². The number of alkyl halides is 3. The topological polar surface area (TPSA) is 82.6 Å². The molecule has 2 unspecified atom stereocenters. The number of halogens is 3. The maximum Gasteiger partial charge on any atom is 0.433 e. The molecular formula is C10H12F3N3O2. The number of aliphatic hydroxyl groups excluding tert-OH is 2. The number of anilines is 2. The largest absolute Gasteiger partial charge is 0.433 e. The maximum absolute atomic E-state index is 12.5. The Morgan fingerprint density at radius 1 is 1.28 bits per heavy atom. The second-order valence-electron chi connectivity index (χ2n) is 4.17. The Kier molecular flexibility index (Phi) is 3.07. The molecule has 0 radical (unpaired) electrons. The molecule has 1 aromatic rings. The first kappa shape index (κ1) is 12.9. The first-order chi connectivity index (χ1) is 8.29. The fraction of sp³-hybridized carbons (Fsp3) is 0.500. The van der Waals surface area contributed by atoms with Crippen molar-refractivity contribution in [2.75, 3.05) is 23.7 Å². The van der Waals surface area contributed by atoms with Crippen molar-refractivity contribution in [2.45, 2.75) is 18.4 Å². The molecule has 1 saturated heterocycles. The zero-order chi connectivity index (χ0) is 13.5. The van der Waals surface area contributed by atoms with E-state index >= 15 is 0 Å². The van der Waals surface area contributed by atoms with Gasteiger partial charge < -0.3 is 20.8 Å². The summed E-state index contributed by atoms with van der Waals surface area (Å²) in [5.41, 5.74) is 4.71. The van der Waals surface area contributed by atoms with Gasteiger partial charge in [-0.05, 0) is 6.07 Å². The van der Waals surface area contributed by atoms with Crippen molar-refractivity contribution in [3.8, 4) is 0 Å². The highest BCUT2D eigenvalue weighted by molar-refractivity contribution is 5.67. The Balaban J connectivity index is 2.33. The predicted molar refractivity (Wildman–Crippen MR) is 57.9 cm³/mol. The lowest BCUT2D eigenvalue weighted by Gasteiger charge is -2.20. The molecule has 0 amide bonds. The van der Waals surface area contributed by atoms with Gasteiger partial charge in [-0.3, -0.25) is 0 Å². The number of pyridine rings is 1. The van der Waals surface area contributed by atoms with Crippen LogP contribution in [0.2, 0.25) is 0 Å². The zero-order valence-electron chi connectivity index (χ0n) is 9.22. The summed E-state index contributed by atoms with van der Waals surface area (Å²) in [6, 6.07) is 0.820. The van der Waals surface area contributed by atoms with E-state index in [1.54, 1.807) is 0 Å². The van der Waals surface area contributed by atoms with Crippen LogP contribution in [0.1, 0.15) is 5.69 Å². The van der Waals surface area contributed by atoms with Gasteiger partial charge in [-0.1, -0.05) is 0 Å². The minimum absolute atomic E-state index is 0.0344. The third-order valence-corrected chi connectivity index (χ3v) is 2.80. The summed E-state index contributed by atoms with van der Waals surface area (Å²) < 4.78 is 37.6. The fourth-order valence-corrected chi connectivity index (χ4v) is 1.85. The van der Waals surface area contributed by atoms with E-state index < -0.39 is 24.1 Å². The highest BCUT2D eigenvalue weighted by Gasteiger charge is 2.35. The summed E-state index contributed by atoms with van der Waals surface area (Å²) in [7, 11) is 0. The van der Waals surface area contributed by atoms with Crippen LogP contribution < -0.4 is 10.6 Å². The van der Waals surface area contributed by atoms with Gasteiger partial charge in [0.2, 0.25) is 0 Å². The number of rotatable bonds is 1. The van der Waals surface area contributed by atoms with Crippen molar-refractivity contribution in [1.29, 1.82) is 0 Å². The van der Waals surface area contributed by atoms with Crippen LogP contribution in [0.5, 0.6) is 0 Å². The molecule has 0 aliphatic carbocycles. The molecule has 8 heteroatoms. The maximum atomic E-state index is 12.5. The number of β-amino-alcohol motifs (C(OH)–C–C–N with tert-alkyl or cyclic N) is 2. The highest BCUT2D eigenvalue weighted by Crippen LogP contribution is 2.33. The van der Waals surface area contributed by atoms with Gasteiger partial charge in [0.25, 0.3) is 0 Å². The first-order valence-corrected chi connectivity index (χ1v) is 5.23. The van der Waals surface area contributed by atoms with Crippen molar-refractivity contribution in [3.05, 3.63) is 18.0 Å². The summed E-state index contributed by atoms with van der Waals surface area (Å²) >= 11 is 0. The molecule has 18 heavy (non-hydrogen) atoms. The van der Waals surface area contributed by atoms with Gasteiger partial charge in [-0.25, -0.2) is 4.98 Å². The van der Waals surface area contributed by atoms with E-state index in [1.165, 1.54) is 4.90 Å². The number of aliphatic hydroxyl groups is 2. The smallest absolute Gasteiger partial charge is 0.396 e. The van der Waals surface area contributed by atoms with E-state index in [0.29, 0.717) is 0 Å². The molecule has 1 aliphatic heterocycles. The van der Waals surface area contributed by atoms with Gasteiger partial charge in [0.15, 0.2) is 0 Å². The number of nitrogens with zero attached hydrogens (tertiary/aromatic N) is 2. The lowest BCUT2D eigenvalue weighted by atomic mass is 10.2. The molecular weight excluding hydrogens is 251 g/mol. The van der Waals surface area contributed by atoms with E-state index in [4.69, 9.17) is 5.73 Å². The second-order valence-corrected chi connectivity index (χ2v) is 4.17. The Morgan fingerprint density at radius 3 is 2.33 bits per heavy atom. The SMILES string of the molecule is Nc1cnc(C(F)(F)F)cc1N1CC(O)C(O)C1. The summed E-state index contributed by atoms with van der Waals surface area (Å²) in [4.78, 5) is 4.62. The molecule has 2 rings (SSSR count). The Hall–Kier alpha value is -1.54. The van der Waals surface area contributed by atoms with Gasteiger partial charge in [0.05, 0.1) is 29.8 Å². The molecule has 1 fully saturated rings. The monoisotopic (exact) mass is 263 g/mol. The predicted octanol–water partition coefficient (Wildman–Crippen LogP) is 0.224. The molecule has 0 bridgehead atoms. The van der Waals surface area contributed by atoms with Gasteiger partial charge >= 0.3 is 6.18 Å². The lowest BCUT2D eigenvalue weighted by Crippen LogP contribution is -2.23. The second kappa shape index (κ2) is 4.29. The number of aromatic nitrogens is 1. The third-order valence-electron chi connectivity index (χ3n) is 2.80. The third kappa shape index (κ3) is 2.34. The van der Waals surface area contributed by atoms with Crippen LogP contribution in [0.4, 0.5) is 24.5 Å². The molecule has 2 heterocycles. The number of nitrogens with two attached hydrogens (primary N) is 1. The molecule has 0 aromatic carbocycles. The van der Waals surface area contributed by atoms with Crippen LogP contribution in [-0.4, -0.2) is 40.5 Å². The van der Waals surface area contributed by atoms with E-state index in [-0.39, 0.29) is 24.5 Å². The van der Waals surface area contributed by atoms with Gasteiger partial charge in [0.1, 0.15) is 5.69 Å². The number of nitrogen functional groups attached to an aromatic ring is 1. The number of hydrogen-bond acceptors (Lipinski definition) is 5. The van der Waals surface area contributed by atoms with E-state index in [0.717, 1.165) is 12.3 Å². The van der Waals surface area contributed by atoms with Crippen molar-refractivity contribution >= 4 is 11.4 Å². The zero-order valence-corrected chi connectivity index (χ0v) is 9.22. The van der Waals surface area contributed by atoms with E-state index in [1.807, 2.05) is 0 Å². The average molecular weight is 263 g/mol. The van der Waals surface area contributed by atoms with Crippen molar-refractivity contribution in [3.63, 3.8) is 0 Å². The van der Waals surface area contributed by atoms with Crippen LogP contribution >= 0.6 is 0 Å². The molecule has 4 N–H and O–H groups in total. The van der Waals surface area contributed by atoms with Crippen LogP contribution in [-0.2, 0) is 6.18 Å². The quantitative estimate of drug-likeness (QED) is 0.675. The Bertz CT molecular complexity index is 442. The molecule has 0 spiro atoms. The Morgan fingerprint density at radius 2 is 1.83 bits per heavy atom. The standard InChI is InChI=1S/C10H12F3N3O2/c11-10(12,13)9-1-6(5(14)2-15-9)16-3-7(17)8(18)4-16/h1-2,7-8,17-18H,3-4,14H2. The van der Waals surface area contributed by atoms with Crippen LogP contribution in [0, 0.1) is 0 Å². The minimum Gasteiger partial charge on any atom is -0.396 e. The van der Waals surface area contributed by atoms with E-state index in [2.05, 4.69) is 4.98 Å². The van der Waals surface area contributed by atoms with Gasteiger partial charge in [-0.15, -0.1) is 0 Å². The summed E-state index contributed by atoms with van der Waals surface area (Å²) in [6.07, 6.45) is -5.62. The lowest BCUT2D eigenvalue weighted by molar-refractivity contribution is -0.141. The van der Waals surface area contributed by atoms with Crippen molar-refractivity contribution in [1.82, 2.24) is 4.98 Å². The normalized spacial score (nSPS) is 24.6. The van der Waals surface area contributed by atoms with Crippen LogP contribution in [0.3, 0.4) is 0 Å². The fourth-order valence-electron chi connectivity index (χ4n) is 1.85. The van der Waals surface area contributed by atoms with Crippen LogP contribution in [0.25, 0.3) is 0 Å². The average Bonchev–Trinajstić information content (AvgIpc) is 2.58. The molecule has 1 aromatic heterocycles. The van der Waals surface area contributed by atoms with Gasteiger partial charge in [0, 0.05) is 13.1 Å². The number of hydrogen-bond donors (Lipinski definition) is 3. The molecule has 0 saturated carbocycles. The molecule has 5 nitrogen and oxygen atoms in total. The highest BCUT2D eigenvalue weighted by atomic mass is 19.4. The molecule has 2 atom stereocenters. The first-order valence-electron chi connectivity index (χ1n) is 5.23.